The molecule has 1 aliphatic rings. The molecule has 0 spiro atoms. The largest absolute Gasteiger partial charge is 0.497 e. The number of rotatable bonds is 4. The zero-order chi connectivity index (χ0) is 16.4. The van der Waals surface area contributed by atoms with Crippen molar-refractivity contribution in [2.24, 2.45) is 0 Å². The molecule has 5 heteroatoms. The maximum absolute atomic E-state index is 13.3. The maximum atomic E-state index is 13.3. The van der Waals surface area contributed by atoms with Gasteiger partial charge in [0.05, 0.1) is 19.6 Å². The fraction of sp³-hybridized carbons (Fsp3) is 0.222. The van der Waals surface area contributed by atoms with E-state index in [2.05, 4.69) is 0 Å². The Balaban J connectivity index is 1.78. The minimum atomic E-state index is -0.601. The summed E-state index contributed by atoms with van der Waals surface area (Å²) >= 11 is 0. The molecule has 3 rings (SSSR count). The van der Waals surface area contributed by atoms with E-state index in [1.54, 1.807) is 31.4 Å². The molecule has 0 saturated carbocycles. The lowest BCUT2D eigenvalue weighted by Gasteiger charge is -2.15. The van der Waals surface area contributed by atoms with Crippen molar-refractivity contribution >= 4 is 11.8 Å². The van der Waals surface area contributed by atoms with Crippen LogP contribution in [0.3, 0.4) is 0 Å². The summed E-state index contributed by atoms with van der Waals surface area (Å²) in [6.07, 6.45) is 0.0818. The van der Waals surface area contributed by atoms with E-state index in [9.17, 15) is 14.0 Å². The average molecular weight is 313 g/mol. The fourth-order valence-electron chi connectivity index (χ4n) is 2.75. The summed E-state index contributed by atoms with van der Waals surface area (Å²) in [6, 6.07) is 13.1. The van der Waals surface area contributed by atoms with Crippen LogP contribution < -0.4 is 4.74 Å². The topological polar surface area (TPSA) is 46.6 Å². The molecule has 0 aromatic heterocycles. The first-order valence-electron chi connectivity index (χ1n) is 7.31. The molecule has 118 valence electrons. The van der Waals surface area contributed by atoms with Crippen LogP contribution >= 0.6 is 0 Å². The molecule has 2 amide bonds. The minimum absolute atomic E-state index is 0.0818. The molecule has 1 heterocycles. The zero-order valence-corrected chi connectivity index (χ0v) is 12.7. The predicted molar refractivity (Wildman–Crippen MR) is 82.3 cm³/mol. The molecule has 1 fully saturated rings. The third-order valence-electron chi connectivity index (χ3n) is 3.99. The van der Waals surface area contributed by atoms with Gasteiger partial charge in [-0.25, -0.2) is 4.39 Å². The molecule has 1 atom stereocenters. The van der Waals surface area contributed by atoms with E-state index in [1.165, 1.54) is 17.0 Å². The summed E-state index contributed by atoms with van der Waals surface area (Å²) in [5.74, 6) is -0.810. The highest BCUT2D eigenvalue weighted by Crippen LogP contribution is 2.31. The van der Waals surface area contributed by atoms with Gasteiger partial charge in [0.2, 0.25) is 11.8 Å². The molecule has 0 unspecified atom stereocenters. The summed E-state index contributed by atoms with van der Waals surface area (Å²) in [5, 5.41) is 0. The molecule has 0 radical (unpaired) electrons. The number of hydrogen-bond acceptors (Lipinski definition) is 3. The van der Waals surface area contributed by atoms with Crippen molar-refractivity contribution in [3.05, 3.63) is 65.5 Å². The number of likely N-dealkylation sites (tertiary alicyclic amines) is 1. The molecule has 2 aromatic rings. The lowest BCUT2D eigenvalue weighted by molar-refractivity contribution is -0.139. The second kappa shape index (κ2) is 6.20. The molecular weight excluding hydrogens is 297 g/mol. The number of ether oxygens (including phenoxy) is 1. The quantitative estimate of drug-likeness (QED) is 0.815. The minimum Gasteiger partial charge on any atom is -0.497 e. The van der Waals surface area contributed by atoms with E-state index in [0.29, 0.717) is 11.3 Å². The lowest BCUT2D eigenvalue weighted by atomic mass is 9.97. The van der Waals surface area contributed by atoms with Gasteiger partial charge in [-0.1, -0.05) is 24.3 Å². The van der Waals surface area contributed by atoms with Crippen molar-refractivity contribution in [1.82, 2.24) is 4.90 Å². The molecule has 1 aliphatic heterocycles. The van der Waals surface area contributed by atoms with Crippen LogP contribution in [-0.4, -0.2) is 23.8 Å². The van der Waals surface area contributed by atoms with Crippen molar-refractivity contribution < 1.29 is 18.7 Å². The lowest BCUT2D eigenvalue weighted by Crippen LogP contribution is -2.29. The summed E-state index contributed by atoms with van der Waals surface area (Å²) < 4.78 is 18.4. The molecule has 0 bridgehead atoms. The van der Waals surface area contributed by atoms with Crippen LogP contribution in [-0.2, 0) is 16.1 Å². The second-order valence-corrected chi connectivity index (χ2v) is 5.48. The van der Waals surface area contributed by atoms with Crippen molar-refractivity contribution in [3.8, 4) is 5.75 Å². The number of methoxy groups -OCH3 is 1. The van der Waals surface area contributed by atoms with Gasteiger partial charge in [-0.2, -0.15) is 0 Å². The molecular formula is C18H16FNO3. The van der Waals surface area contributed by atoms with Gasteiger partial charge >= 0.3 is 0 Å². The summed E-state index contributed by atoms with van der Waals surface area (Å²) in [4.78, 5) is 25.9. The van der Waals surface area contributed by atoms with E-state index in [0.717, 1.165) is 5.56 Å². The monoisotopic (exact) mass is 313 g/mol. The van der Waals surface area contributed by atoms with Crippen LogP contribution in [0.5, 0.6) is 5.75 Å². The summed E-state index contributed by atoms with van der Waals surface area (Å²) in [6.45, 7) is 0.216. The number of carbonyl (C=O) groups is 2. The van der Waals surface area contributed by atoms with Gasteiger partial charge in [0.1, 0.15) is 11.6 Å². The number of nitrogens with zero attached hydrogens (tertiary/aromatic N) is 1. The van der Waals surface area contributed by atoms with Crippen molar-refractivity contribution in [3.63, 3.8) is 0 Å². The molecule has 0 N–H and O–H groups in total. The highest BCUT2D eigenvalue weighted by Gasteiger charge is 2.39. The first kappa shape index (κ1) is 15.2. The van der Waals surface area contributed by atoms with Crippen molar-refractivity contribution in [2.45, 2.75) is 18.9 Å². The smallest absolute Gasteiger partial charge is 0.237 e. The highest BCUT2D eigenvalue weighted by molar-refractivity contribution is 6.06. The molecule has 1 saturated heterocycles. The van der Waals surface area contributed by atoms with Gasteiger partial charge < -0.3 is 4.74 Å². The highest BCUT2D eigenvalue weighted by atomic mass is 19.1. The fourth-order valence-corrected chi connectivity index (χ4v) is 2.75. The third-order valence-corrected chi connectivity index (χ3v) is 3.99. The van der Waals surface area contributed by atoms with Crippen LogP contribution in [0.15, 0.2) is 48.5 Å². The first-order chi connectivity index (χ1) is 11.1. The average Bonchev–Trinajstić information content (AvgIpc) is 2.84. The number of benzene rings is 2. The van der Waals surface area contributed by atoms with Gasteiger partial charge in [0, 0.05) is 6.42 Å². The standard InChI is InChI=1S/C18H16FNO3/c1-23-15-7-5-12(6-8-15)11-20-17(21)10-16(18(20)22)13-3-2-4-14(19)9-13/h2-9,16H,10-11H2,1H3/t16-/m1/s1. The number of carbonyl (C=O) groups excluding carboxylic acids is 2. The molecule has 4 nitrogen and oxygen atoms in total. The first-order valence-corrected chi connectivity index (χ1v) is 7.31. The van der Waals surface area contributed by atoms with Gasteiger partial charge in [-0.15, -0.1) is 0 Å². The van der Waals surface area contributed by atoms with E-state index in [-0.39, 0.29) is 24.8 Å². The Bertz CT molecular complexity index is 742. The van der Waals surface area contributed by atoms with Crippen molar-refractivity contribution in [1.29, 1.82) is 0 Å². The Kier molecular flexibility index (Phi) is 4.10. The Morgan fingerprint density at radius 1 is 1.17 bits per heavy atom. The van der Waals surface area contributed by atoms with E-state index in [1.807, 2.05) is 12.1 Å². The Hall–Kier alpha value is -2.69. The van der Waals surface area contributed by atoms with Gasteiger partial charge in [-0.3, -0.25) is 14.5 Å². The number of halogens is 1. The second-order valence-electron chi connectivity index (χ2n) is 5.48. The van der Waals surface area contributed by atoms with E-state index < -0.39 is 11.7 Å². The van der Waals surface area contributed by atoms with Crippen LogP contribution in [0, 0.1) is 5.82 Å². The number of amides is 2. The van der Waals surface area contributed by atoms with Gasteiger partial charge in [0.25, 0.3) is 0 Å². The van der Waals surface area contributed by atoms with E-state index in [4.69, 9.17) is 4.74 Å². The van der Waals surface area contributed by atoms with Crippen molar-refractivity contribution in [2.75, 3.05) is 7.11 Å². The van der Waals surface area contributed by atoms with Crippen LogP contribution in [0.2, 0.25) is 0 Å². The maximum Gasteiger partial charge on any atom is 0.237 e. The summed E-state index contributed by atoms with van der Waals surface area (Å²) in [5.41, 5.74) is 1.38. The zero-order valence-electron chi connectivity index (χ0n) is 12.7. The Morgan fingerprint density at radius 2 is 1.91 bits per heavy atom. The third kappa shape index (κ3) is 3.08. The van der Waals surface area contributed by atoms with Crippen LogP contribution in [0.4, 0.5) is 4.39 Å². The molecule has 23 heavy (non-hydrogen) atoms. The van der Waals surface area contributed by atoms with E-state index >= 15 is 0 Å². The normalized spacial score (nSPS) is 17.7. The van der Waals surface area contributed by atoms with Crippen LogP contribution in [0.1, 0.15) is 23.5 Å². The SMILES string of the molecule is COc1ccc(CN2C(=O)C[C@H](c3cccc(F)c3)C2=O)cc1. The summed E-state index contributed by atoms with van der Waals surface area (Å²) in [7, 11) is 1.58. The number of hydrogen-bond donors (Lipinski definition) is 0. The predicted octanol–water partition coefficient (Wildman–Crippen LogP) is 2.88. The Labute approximate surface area is 133 Å². The Morgan fingerprint density at radius 3 is 2.57 bits per heavy atom. The van der Waals surface area contributed by atoms with Gasteiger partial charge in [0.15, 0.2) is 0 Å². The number of imide groups is 1. The molecule has 2 aromatic carbocycles. The van der Waals surface area contributed by atoms with Gasteiger partial charge in [-0.05, 0) is 35.4 Å². The van der Waals surface area contributed by atoms with Crippen LogP contribution in [0.25, 0.3) is 0 Å². The molecule has 0 aliphatic carbocycles.